The van der Waals surface area contributed by atoms with Crippen LogP contribution in [0.2, 0.25) is 0 Å². The van der Waals surface area contributed by atoms with Crippen molar-refractivity contribution in [3.05, 3.63) is 0 Å². The Bertz CT molecular complexity index is 326. The summed E-state index contributed by atoms with van der Waals surface area (Å²) in [5, 5.41) is 0. The summed E-state index contributed by atoms with van der Waals surface area (Å²) in [7, 11) is 0. The Hall–Kier alpha value is -0.610. The van der Waals surface area contributed by atoms with Gasteiger partial charge in [0, 0.05) is 13.1 Å². The van der Waals surface area contributed by atoms with E-state index < -0.39 is 5.60 Å². The highest BCUT2D eigenvalue weighted by atomic mass is 16.6. The second-order valence-electron chi connectivity index (χ2n) is 7.74. The molecule has 1 aliphatic heterocycles. The summed E-state index contributed by atoms with van der Waals surface area (Å²) in [4.78, 5) is 14.3. The number of hydrogen-bond donors (Lipinski definition) is 0. The van der Waals surface area contributed by atoms with Crippen molar-refractivity contribution in [1.29, 1.82) is 0 Å². The Morgan fingerprint density at radius 1 is 1.16 bits per heavy atom. The number of ether oxygens (including phenoxy) is 2. The first kappa shape index (κ1) is 16.4. The number of nitrogens with zero attached hydrogens (tertiary/aromatic N) is 1. The Kier molecular flexibility index (Phi) is 4.38. The summed E-state index contributed by atoms with van der Waals surface area (Å²) in [6, 6.07) is -0.248. The molecule has 1 aliphatic rings. The van der Waals surface area contributed by atoms with E-state index in [1.54, 1.807) is 0 Å². The fourth-order valence-electron chi connectivity index (χ4n) is 2.66. The molecule has 0 aromatic rings. The molecular weight excluding hydrogens is 242 g/mol. The molecule has 0 aromatic heterocycles. The van der Waals surface area contributed by atoms with Gasteiger partial charge in [0.15, 0.2) is 0 Å². The molecule has 0 amide bonds. The van der Waals surface area contributed by atoms with Gasteiger partial charge in [-0.15, -0.1) is 0 Å². The molecule has 0 saturated carbocycles. The van der Waals surface area contributed by atoms with Crippen molar-refractivity contribution in [1.82, 2.24) is 4.90 Å². The highest BCUT2D eigenvalue weighted by Crippen LogP contribution is 2.29. The van der Waals surface area contributed by atoms with E-state index in [4.69, 9.17) is 9.47 Å². The molecule has 1 heterocycles. The van der Waals surface area contributed by atoms with Crippen LogP contribution in [0.4, 0.5) is 0 Å². The van der Waals surface area contributed by atoms with Crippen LogP contribution in [0, 0.1) is 0 Å². The van der Waals surface area contributed by atoms with Crippen LogP contribution in [-0.2, 0) is 14.3 Å². The van der Waals surface area contributed by atoms with Crippen LogP contribution in [0.1, 0.15) is 55.4 Å². The lowest BCUT2D eigenvalue weighted by atomic mass is 9.97. The zero-order valence-electron chi connectivity index (χ0n) is 13.7. The maximum Gasteiger partial charge on any atom is 0.323 e. The zero-order valence-corrected chi connectivity index (χ0v) is 13.7. The van der Waals surface area contributed by atoms with Crippen LogP contribution >= 0.6 is 0 Å². The van der Waals surface area contributed by atoms with Crippen LogP contribution < -0.4 is 0 Å². The summed E-state index contributed by atoms with van der Waals surface area (Å²) in [6.45, 7) is 17.3. The average Bonchev–Trinajstić information content (AvgIpc) is 2.08. The molecule has 0 aromatic carbocycles. The highest BCUT2D eigenvalue weighted by molar-refractivity contribution is 5.75. The van der Waals surface area contributed by atoms with E-state index >= 15 is 0 Å². The van der Waals surface area contributed by atoms with Crippen LogP contribution in [0.25, 0.3) is 0 Å². The quantitative estimate of drug-likeness (QED) is 0.724. The van der Waals surface area contributed by atoms with Crippen molar-refractivity contribution in [2.24, 2.45) is 0 Å². The van der Waals surface area contributed by atoms with Crippen molar-refractivity contribution >= 4 is 5.97 Å². The highest BCUT2D eigenvalue weighted by Gasteiger charge is 2.41. The lowest BCUT2D eigenvalue weighted by molar-refractivity contribution is -0.195. The normalized spacial score (nSPS) is 24.8. The Balaban J connectivity index is 2.76. The minimum atomic E-state index is -0.442. The number of hydrogen-bond acceptors (Lipinski definition) is 4. The molecular formula is C15H29NO3. The maximum atomic E-state index is 12.2. The van der Waals surface area contributed by atoms with Gasteiger partial charge in [-0.1, -0.05) is 0 Å². The van der Waals surface area contributed by atoms with E-state index in [-0.39, 0.29) is 23.2 Å². The van der Waals surface area contributed by atoms with Gasteiger partial charge < -0.3 is 9.47 Å². The first-order chi connectivity index (χ1) is 8.31. The van der Waals surface area contributed by atoms with E-state index in [1.807, 2.05) is 27.7 Å². The van der Waals surface area contributed by atoms with Crippen molar-refractivity contribution in [2.75, 3.05) is 13.1 Å². The van der Waals surface area contributed by atoms with Gasteiger partial charge in [0.1, 0.15) is 11.6 Å². The standard InChI is InChI=1S/C15H29NO3/c1-11(12(17)18-13(2,3)4)16-9-14(5,6)19-15(7,8)10-16/h11H,9-10H2,1-8H3. The summed E-state index contributed by atoms with van der Waals surface area (Å²) in [6.07, 6.45) is 0. The SMILES string of the molecule is CC(C(=O)OC(C)(C)C)N1CC(C)(C)OC(C)(C)C1. The molecule has 19 heavy (non-hydrogen) atoms. The molecule has 0 N–H and O–H groups in total. The molecule has 1 rings (SSSR count). The van der Waals surface area contributed by atoms with Gasteiger partial charge >= 0.3 is 5.97 Å². The van der Waals surface area contributed by atoms with Gasteiger partial charge in [0.2, 0.25) is 0 Å². The largest absolute Gasteiger partial charge is 0.459 e. The molecule has 4 nitrogen and oxygen atoms in total. The molecule has 1 unspecified atom stereocenters. The van der Waals surface area contributed by atoms with Crippen LogP contribution in [-0.4, -0.2) is 46.8 Å². The summed E-state index contributed by atoms with van der Waals surface area (Å²) >= 11 is 0. The van der Waals surface area contributed by atoms with Crippen molar-refractivity contribution < 1.29 is 14.3 Å². The van der Waals surface area contributed by atoms with E-state index in [0.29, 0.717) is 0 Å². The van der Waals surface area contributed by atoms with Gasteiger partial charge in [0.25, 0.3) is 0 Å². The second-order valence-corrected chi connectivity index (χ2v) is 7.74. The fourth-order valence-corrected chi connectivity index (χ4v) is 2.66. The number of morpholine rings is 1. The molecule has 112 valence electrons. The summed E-state index contributed by atoms with van der Waals surface area (Å²) in [5.74, 6) is -0.166. The van der Waals surface area contributed by atoms with Gasteiger partial charge in [-0.25, -0.2) is 0 Å². The zero-order chi connectivity index (χ0) is 15.1. The smallest absolute Gasteiger partial charge is 0.323 e. The van der Waals surface area contributed by atoms with Crippen molar-refractivity contribution in [3.8, 4) is 0 Å². The summed E-state index contributed by atoms with van der Waals surface area (Å²) in [5.41, 5.74) is -0.946. The lowest BCUT2D eigenvalue weighted by Gasteiger charge is -2.48. The van der Waals surface area contributed by atoms with E-state index in [0.717, 1.165) is 13.1 Å². The van der Waals surface area contributed by atoms with Crippen LogP contribution in [0.5, 0.6) is 0 Å². The van der Waals surface area contributed by atoms with Crippen molar-refractivity contribution in [3.63, 3.8) is 0 Å². The summed E-state index contributed by atoms with van der Waals surface area (Å²) < 4.78 is 11.5. The molecule has 0 spiro atoms. The molecule has 4 heteroatoms. The lowest BCUT2D eigenvalue weighted by Crippen LogP contribution is -2.60. The van der Waals surface area contributed by atoms with Gasteiger partial charge in [-0.05, 0) is 55.4 Å². The number of carbonyl (C=O) groups is 1. The predicted molar refractivity (Wildman–Crippen MR) is 76.1 cm³/mol. The first-order valence-electron chi connectivity index (χ1n) is 6.98. The van der Waals surface area contributed by atoms with Crippen molar-refractivity contribution in [2.45, 2.75) is 78.2 Å². The van der Waals surface area contributed by atoms with Gasteiger partial charge in [0.05, 0.1) is 11.2 Å². The van der Waals surface area contributed by atoms with Gasteiger partial charge in [-0.3, -0.25) is 9.69 Å². The molecule has 1 atom stereocenters. The maximum absolute atomic E-state index is 12.2. The number of esters is 1. The Labute approximate surface area is 117 Å². The molecule has 0 radical (unpaired) electrons. The molecule has 0 bridgehead atoms. The minimum Gasteiger partial charge on any atom is -0.459 e. The molecule has 1 saturated heterocycles. The van der Waals surface area contributed by atoms with Crippen LogP contribution in [0.15, 0.2) is 0 Å². The topological polar surface area (TPSA) is 38.8 Å². The number of carbonyl (C=O) groups excluding carboxylic acids is 1. The third-order valence-electron chi connectivity index (χ3n) is 3.02. The van der Waals surface area contributed by atoms with Gasteiger partial charge in [-0.2, -0.15) is 0 Å². The minimum absolute atomic E-state index is 0.166. The Morgan fingerprint density at radius 2 is 1.58 bits per heavy atom. The number of rotatable bonds is 2. The second kappa shape index (κ2) is 5.06. The van der Waals surface area contributed by atoms with E-state index in [1.165, 1.54) is 0 Å². The predicted octanol–water partition coefficient (Wildman–Crippen LogP) is 2.61. The molecule has 0 aliphatic carbocycles. The third kappa shape index (κ3) is 5.11. The monoisotopic (exact) mass is 271 g/mol. The third-order valence-corrected chi connectivity index (χ3v) is 3.02. The fraction of sp³-hybridized carbons (Fsp3) is 0.933. The molecule has 1 fully saturated rings. The van der Waals surface area contributed by atoms with E-state index in [2.05, 4.69) is 32.6 Å². The average molecular weight is 271 g/mol. The van der Waals surface area contributed by atoms with Crippen LogP contribution in [0.3, 0.4) is 0 Å². The first-order valence-corrected chi connectivity index (χ1v) is 6.98. The van der Waals surface area contributed by atoms with E-state index in [9.17, 15) is 4.79 Å². The Morgan fingerprint density at radius 3 is 1.95 bits per heavy atom.